The summed E-state index contributed by atoms with van der Waals surface area (Å²) in [6.45, 7) is 3.93. The maximum atomic E-state index is 5.79. The van der Waals surface area contributed by atoms with Gasteiger partial charge in [0.15, 0.2) is 17.5 Å². The van der Waals surface area contributed by atoms with Gasteiger partial charge >= 0.3 is 0 Å². The summed E-state index contributed by atoms with van der Waals surface area (Å²) in [5.74, 6) is 2.21. The molecule has 0 spiro atoms. The van der Waals surface area contributed by atoms with Crippen LogP contribution >= 0.6 is 11.6 Å². The average Bonchev–Trinajstić information content (AvgIpc) is 2.67. The zero-order valence-corrected chi connectivity index (χ0v) is 16.1. The van der Waals surface area contributed by atoms with Crippen LogP contribution in [0.15, 0.2) is 41.5 Å². The second-order valence-electron chi connectivity index (χ2n) is 5.51. The zero-order valence-electron chi connectivity index (χ0n) is 15.4. The largest absolute Gasteiger partial charge is 0.493 e. The van der Waals surface area contributed by atoms with E-state index in [9.17, 15) is 0 Å². The minimum atomic E-state index is 0.505. The fraction of sp³-hybridized carbons (Fsp3) is 0.368. The molecule has 0 radical (unpaired) electrons. The lowest BCUT2D eigenvalue weighted by Gasteiger charge is -2.14. The Kier molecular flexibility index (Phi) is 8.02. The second-order valence-corrected chi connectivity index (χ2v) is 5.90. The van der Waals surface area contributed by atoms with Crippen LogP contribution < -0.4 is 20.1 Å². The quantitative estimate of drug-likeness (QED) is 0.421. The Bertz CT molecular complexity index is 720. The van der Waals surface area contributed by atoms with Crippen LogP contribution in [-0.2, 0) is 13.0 Å². The first kappa shape index (κ1) is 19.8. The highest BCUT2D eigenvalue weighted by molar-refractivity contribution is 6.29. The van der Waals surface area contributed by atoms with Crippen molar-refractivity contribution in [2.24, 2.45) is 4.99 Å². The van der Waals surface area contributed by atoms with Crippen molar-refractivity contribution in [3.8, 4) is 11.5 Å². The van der Waals surface area contributed by atoms with Crippen LogP contribution in [-0.4, -0.2) is 38.3 Å². The Labute approximate surface area is 159 Å². The maximum absolute atomic E-state index is 5.79. The van der Waals surface area contributed by atoms with E-state index in [4.69, 9.17) is 21.1 Å². The summed E-state index contributed by atoms with van der Waals surface area (Å²) in [7, 11) is 3.39. The SMILES string of the molecule is CCOc1ccc(CNC(=NC)NCCc2ccc(Cl)nc2)cc1OC. The van der Waals surface area contributed by atoms with Crippen molar-refractivity contribution >= 4 is 17.6 Å². The van der Waals surface area contributed by atoms with Gasteiger partial charge in [-0.15, -0.1) is 0 Å². The lowest BCUT2D eigenvalue weighted by molar-refractivity contribution is 0.310. The van der Waals surface area contributed by atoms with E-state index in [1.165, 1.54) is 0 Å². The van der Waals surface area contributed by atoms with Gasteiger partial charge in [0.2, 0.25) is 0 Å². The molecule has 1 aromatic carbocycles. The Morgan fingerprint density at radius 3 is 2.62 bits per heavy atom. The van der Waals surface area contributed by atoms with Crippen molar-refractivity contribution < 1.29 is 9.47 Å². The van der Waals surface area contributed by atoms with Gasteiger partial charge in [0.25, 0.3) is 0 Å². The van der Waals surface area contributed by atoms with Crippen LogP contribution in [0.1, 0.15) is 18.1 Å². The van der Waals surface area contributed by atoms with Crippen LogP contribution in [0, 0.1) is 0 Å². The number of hydrogen-bond donors (Lipinski definition) is 2. The number of aliphatic imine (C=N–C) groups is 1. The molecular weight excluding hydrogens is 352 g/mol. The number of methoxy groups -OCH3 is 1. The molecule has 0 bridgehead atoms. The van der Waals surface area contributed by atoms with Crippen molar-refractivity contribution in [3.05, 3.63) is 52.8 Å². The first-order chi connectivity index (χ1) is 12.7. The van der Waals surface area contributed by atoms with Crippen molar-refractivity contribution in [3.63, 3.8) is 0 Å². The van der Waals surface area contributed by atoms with Gasteiger partial charge < -0.3 is 20.1 Å². The minimum absolute atomic E-state index is 0.505. The van der Waals surface area contributed by atoms with Gasteiger partial charge in [-0.3, -0.25) is 4.99 Å². The smallest absolute Gasteiger partial charge is 0.191 e. The van der Waals surface area contributed by atoms with Gasteiger partial charge in [-0.05, 0) is 42.7 Å². The number of ether oxygens (including phenoxy) is 2. The van der Waals surface area contributed by atoms with Gasteiger partial charge in [0, 0.05) is 26.3 Å². The van der Waals surface area contributed by atoms with E-state index in [0.29, 0.717) is 18.3 Å². The van der Waals surface area contributed by atoms with Gasteiger partial charge in [-0.25, -0.2) is 4.98 Å². The molecule has 0 amide bonds. The summed E-state index contributed by atoms with van der Waals surface area (Å²) in [6, 6.07) is 9.66. The Morgan fingerprint density at radius 1 is 1.15 bits per heavy atom. The molecule has 2 N–H and O–H groups in total. The van der Waals surface area contributed by atoms with Gasteiger partial charge in [-0.1, -0.05) is 23.7 Å². The maximum Gasteiger partial charge on any atom is 0.191 e. The molecular formula is C19H25ClN4O2. The summed E-state index contributed by atoms with van der Waals surface area (Å²) in [5, 5.41) is 7.08. The molecule has 2 aromatic rings. The lowest BCUT2D eigenvalue weighted by atomic mass is 10.2. The van der Waals surface area contributed by atoms with E-state index in [1.54, 1.807) is 26.4 Å². The molecule has 0 saturated carbocycles. The third-order valence-electron chi connectivity index (χ3n) is 3.71. The van der Waals surface area contributed by atoms with E-state index in [2.05, 4.69) is 20.6 Å². The summed E-state index contributed by atoms with van der Waals surface area (Å²) in [4.78, 5) is 8.32. The number of benzene rings is 1. The molecule has 0 unspecified atom stereocenters. The lowest BCUT2D eigenvalue weighted by Crippen LogP contribution is -2.37. The second kappa shape index (κ2) is 10.5. The molecule has 6 nitrogen and oxygen atoms in total. The molecule has 0 aliphatic carbocycles. The number of rotatable bonds is 8. The Hall–Kier alpha value is -2.47. The van der Waals surface area contributed by atoms with E-state index < -0.39 is 0 Å². The van der Waals surface area contributed by atoms with Gasteiger partial charge in [0.05, 0.1) is 13.7 Å². The standard InChI is InChI=1S/C19H25ClN4O2/c1-4-26-16-7-5-15(11-17(16)25-3)13-24-19(21-2)22-10-9-14-6-8-18(20)23-12-14/h5-8,11-12H,4,9-10,13H2,1-3H3,(H2,21,22,24). The molecule has 2 rings (SSSR count). The molecule has 140 valence electrons. The summed E-state index contributed by atoms with van der Waals surface area (Å²) in [5.41, 5.74) is 2.20. The topological polar surface area (TPSA) is 67.8 Å². The van der Waals surface area contributed by atoms with Crippen molar-refractivity contribution in [2.75, 3.05) is 27.3 Å². The molecule has 0 saturated heterocycles. The number of aromatic nitrogens is 1. The summed E-state index contributed by atoms with van der Waals surface area (Å²) in [6.07, 6.45) is 2.62. The highest BCUT2D eigenvalue weighted by atomic mass is 35.5. The van der Waals surface area contributed by atoms with Crippen molar-refractivity contribution in [1.82, 2.24) is 15.6 Å². The number of guanidine groups is 1. The van der Waals surface area contributed by atoms with Crippen LogP contribution in [0.25, 0.3) is 0 Å². The third kappa shape index (κ3) is 6.11. The highest BCUT2D eigenvalue weighted by Crippen LogP contribution is 2.27. The Balaban J connectivity index is 1.83. The molecule has 0 atom stereocenters. The number of nitrogens with one attached hydrogen (secondary N) is 2. The van der Waals surface area contributed by atoms with Crippen molar-refractivity contribution in [2.45, 2.75) is 19.9 Å². The molecule has 0 fully saturated rings. The van der Waals surface area contributed by atoms with Crippen LogP contribution in [0.4, 0.5) is 0 Å². The predicted molar refractivity (Wildman–Crippen MR) is 105 cm³/mol. The molecule has 7 heteroatoms. The van der Waals surface area contributed by atoms with E-state index in [0.717, 1.165) is 41.6 Å². The number of pyridine rings is 1. The first-order valence-corrected chi connectivity index (χ1v) is 8.88. The van der Waals surface area contributed by atoms with Gasteiger partial charge in [-0.2, -0.15) is 0 Å². The highest BCUT2D eigenvalue weighted by Gasteiger charge is 2.06. The Morgan fingerprint density at radius 2 is 1.96 bits per heavy atom. The molecule has 0 aliphatic heterocycles. The molecule has 0 aliphatic rings. The molecule has 1 aromatic heterocycles. The van der Waals surface area contributed by atoms with E-state index in [1.807, 2.05) is 31.2 Å². The number of hydrogen-bond acceptors (Lipinski definition) is 4. The number of halogens is 1. The fourth-order valence-electron chi connectivity index (χ4n) is 2.38. The third-order valence-corrected chi connectivity index (χ3v) is 3.93. The summed E-state index contributed by atoms with van der Waals surface area (Å²) < 4.78 is 10.9. The average molecular weight is 377 g/mol. The molecule has 1 heterocycles. The van der Waals surface area contributed by atoms with Crippen LogP contribution in [0.2, 0.25) is 5.15 Å². The monoisotopic (exact) mass is 376 g/mol. The van der Waals surface area contributed by atoms with Crippen LogP contribution in [0.3, 0.4) is 0 Å². The zero-order chi connectivity index (χ0) is 18.8. The van der Waals surface area contributed by atoms with Gasteiger partial charge in [0.1, 0.15) is 5.15 Å². The first-order valence-electron chi connectivity index (χ1n) is 8.51. The number of nitrogens with zero attached hydrogens (tertiary/aromatic N) is 2. The van der Waals surface area contributed by atoms with Crippen molar-refractivity contribution in [1.29, 1.82) is 0 Å². The fourth-order valence-corrected chi connectivity index (χ4v) is 2.49. The van der Waals surface area contributed by atoms with E-state index >= 15 is 0 Å². The molecule has 26 heavy (non-hydrogen) atoms. The predicted octanol–water partition coefficient (Wildman–Crippen LogP) is 3.05. The van der Waals surface area contributed by atoms with E-state index in [-0.39, 0.29) is 0 Å². The normalized spacial score (nSPS) is 11.2. The minimum Gasteiger partial charge on any atom is -0.493 e. The summed E-state index contributed by atoms with van der Waals surface area (Å²) >= 11 is 5.79. The van der Waals surface area contributed by atoms with Crippen LogP contribution in [0.5, 0.6) is 11.5 Å².